The molecule has 5 N–H and O–H groups in total. The minimum absolute atomic E-state index is 0.206. The van der Waals surface area contributed by atoms with Crippen molar-refractivity contribution in [2.45, 2.75) is 6.54 Å². The molecule has 9 heteroatoms. The van der Waals surface area contributed by atoms with Crippen molar-refractivity contribution >= 4 is 11.2 Å². The van der Waals surface area contributed by atoms with Gasteiger partial charge in [0.1, 0.15) is 11.2 Å². The van der Waals surface area contributed by atoms with Crippen molar-refractivity contribution in [1.29, 1.82) is 0 Å². The van der Waals surface area contributed by atoms with Gasteiger partial charge in [-0.25, -0.2) is 14.8 Å². The van der Waals surface area contributed by atoms with Crippen LogP contribution in [-0.2, 0) is 6.54 Å². The summed E-state index contributed by atoms with van der Waals surface area (Å²) in [6.45, 7) is 1.15. The molecular weight excluding hydrogens is 250 g/mol. The maximum Gasteiger partial charge on any atom is 0.327 e. The highest BCUT2D eigenvalue weighted by atomic mass is 16.2. The van der Waals surface area contributed by atoms with E-state index in [-0.39, 0.29) is 11.2 Å². The number of imidazole rings is 2. The number of nitrogens with zero attached hydrogens (tertiary/aromatic N) is 3. The van der Waals surface area contributed by atoms with Gasteiger partial charge >= 0.3 is 5.69 Å². The van der Waals surface area contributed by atoms with Gasteiger partial charge < -0.3 is 15.3 Å². The Morgan fingerprint density at radius 1 is 1.26 bits per heavy atom. The predicted octanol–water partition coefficient (Wildman–Crippen LogP) is -1.24. The number of H-pyrrole nitrogens is 3. The van der Waals surface area contributed by atoms with E-state index in [2.05, 4.69) is 24.9 Å². The van der Waals surface area contributed by atoms with Crippen LogP contribution in [0.4, 0.5) is 0 Å². The molecule has 0 atom stereocenters. The number of nitrogens with two attached hydrogens (primary N) is 1. The van der Waals surface area contributed by atoms with Gasteiger partial charge in [-0.2, -0.15) is 0 Å². The zero-order chi connectivity index (χ0) is 13.4. The van der Waals surface area contributed by atoms with Gasteiger partial charge in [0.15, 0.2) is 11.5 Å². The van der Waals surface area contributed by atoms with Crippen molar-refractivity contribution in [3.63, 3.8) is 0 Å². The number of aromatic nitrogens is 6. The zero-order valence-corrected chi connectivity index (χ0v) is 9.80. The zero-order valence-electron chi connectivity index (χ0n) is 9.80. The Kier molecular flexibility index (Phi) is 2.53. The van der Waals surface area contributed by atoms with Gasteiger partial charge in [-0.15, -0.1) is 0 Å². The van der Waals surface area contributed by atoms with Crippen LogP contribution in [0.2, 0.25) is 0 Å². The normalized spacial score (nSPS) is 11.2. The largest absolute Gasteiger partial charge is 0.335 e. The first-order valence-electron chi connectivity index (χ1n) is 5.62. The van der Waals surface area contributed by atoms with Crippen LogP contribution in [0.15, 0.2) is 22.1 Å². The third kappa shape index (κ3) is 1.95. The lowest BCUT2D eigenvalue weighted by Crippen LogP contribution is -2.21. The first-order chi connectivity index (χ1) is 9.17. The number of hydrogen-bond acceptors (Lipinski definition) is 5. The standard InChI is InChI=1S/C10H11N7O2/c11-1-2-17-3-5(12-4-17)7-13-6-8(14-7)15-10(19)16-9(6)18/h3-4H,1-2,11H2,(H3,13,14,15,16,18,19). The molecule has 3 heterocycles. The Balaban J connectivity index is 2.12. The Labute approximate surface area is 105 Å². The lowest BCUT2D eigenvalue weighted by molar-refractivity contribution is 0.708. The minimum Gasteiger partial charge on any atom is -0.335 e. The molecule has 0 radical (unpaired) electrons. The number of fused-ring (bicyclic) bond motifs is 1. The van der Waals surface area contributed by atoms with Gasteiger partial charge in [-0.3, -0.25) is 14.8 Å². The summed E-state index contributed by atoms with van der Waals surface area (Å²) >= 11 is 0. The molecule has 3 aromatic heterocycles. The van der Waals surface area contributed by atoms with Crippen molar-refractivity contribution in [3.8, 4) is 11.5 Å². The molecule has 0 fully saturated rings. The van der Waals surface area contributed by atoms with Gasteiger partial charge in [0, 0.05) is 19.3 Å². The van der Waals surface area contributed by atoms with E-state index in [9.17, 15) is 9.59 Å². The first-order valence-corrected chi connectivity index (χ1v) is 5.62. The molecule has 0 unspecified atom stereocenters. The molecule has 98 valence electrons. The van der Waals surface area contributed by atoms with Crippen LogP contribution < -0.4 is 17.0 Å². The number of hydrogen-bond donors (Lipinski definition) is 4. The van der Waals surface area contributed by atoms with Crippen molar-refractivity contribution < 1.29 is 0 Å². The Morgan fingerprint density at radius 2 is 2.11 bits per heavy atom. The molecule has 0 saturated carbocycles. The summed E-state index contributed by atoms with van der Waals surface area (Å²) in [5.74, 6) is 0.415. The SMILES string of the molecule is NCCn1cnc(-c2nc3[nH]c(=O)[nH]c(=O)c3[nH]2)c1. The molecule has 3 aromatic rings. The minimum atomic E-state index is -0.593. The van der Waals surface area contributed by atoms with E-state index in [1.807, 2.05) is 4.57 Å². The van der Waals surface area contributed by atoms with Crippen molar-refractivity contribution in [1.82, 2.24) is 29.5 Å². The summed E-state index contributed by atoms with van der Waals surface area (Å²) < 4.78 is 1.81. The van der Waals surface area contributed by atoms with Gasteiger partial charge in [0.2, 0.25) is 0 Å². The van der Waals surface area contributed by atoms with E-state index in [1.54, 1.807) is 12.5 Å². The molecule has 0 aliphatic carbocycles. The second kappa shape index (κ2) is 4.21. The average Bonchev–Trinajstić information content (AvgIpc) is 2.95. The average molecular weight is 261 g/mol. The first kappa shape index (κ1) is 11.4. The Hall–Kier alpha value is -2.68. The van der Waals surface area contributed by atoms with Crippen LogP contribution in [-0.4, -0.2) is 36.0 Å². The summed E-state index contributed by atoms with van der Waals surface area (Å²) in [4.78, 5) is 38.4. The van der Waals surface area contributed by atoms with E-state index >= 15 is 0 Å². The van der Waals surface area contributed by atoms with Crippen molar-refractivity contribution in [2.75, 3.05) is 6.54 Å². The fourth-order valence-corrected chi connectivity index (χ4v) is 1.81. The van der Waals surface area contributed by atoms with Crippen LogP contribution in [0.1, 0.15) is 0 Å². The van der Waals surface area contributed by atoms with E-state index in [1.165, 1.54) is 0 Å². The summed E-state index contributed by atoms with van der Waals surface area (Å²) in [6, 6.07) is 0. The number of aromatic amines is 3. The van der Waals surface area contributed by atoms with Crippen LogP contribution in [0.25, 0.3) is 22.7 Å². The molecule has 0 bridgehead atoms. The van der Waals surface area contributed by atoms with E-state index < -0.39 is 11.2 Å². The topological polar surface area (TPSA) is 138 Å². The highest BCUT2D eigenvalue weighted by molar-refractivity contribution is 5.73. The molecule has 0 aliphatic heterocycles. The molecule has 0 saturated heterocycles. The highest BCUT2D eigenvalue weighted by Crippen LogP contribution is 2.14. The van der Waals surface area contributed by atoms with Crippen LogP contribution in [0.5, 0.6) is 0 Å². The van der Waals surface area contributed by atoms with Gasteiger partial charge in [0.05, 0.1) is 6.33 Å². The molecule has 0 spiro atoms. The smallest absolute Gasteiger partial charge is 0.327 e. The third-order valence-corrected chi connectivity index (χ3v) is 2.65. The van der Waals surface area contributed by atoms with Crippen LogP contribution in [0.3, 0.4) is 0 Å². The monoisotopic (exact) mass is 261 g/mol. The molecule has 0 amide bonds. The maximum absolute atomic E-state index is 11.6. The van der Waals surface area contributed by atoms with Gasteiger partial charge in [-0.05, 0) is 0 Å². The van der Waals surface area contributed by atoms with E-state index in [4.69, 9.17) is 5.73 Å². The lowest BCUT2D eigenvalue weighted by atomic mass is 10.4. The van der Waals surface area contributed by atoms with Crippen LogP contribution in [0, 0.1) is 0 Å². The molecule has 0 aliphatic rings. The quantitative estimate of drug-likeness (QED) is 0.467. The highest BCUT2D eigenvalue weighted by Gasteiger charge is 2.11. The van der Waals surface area contributed by atoms with E-state index in [0.29, 0.717) is 24.6 Å². The molecule has 9 nitrogen and oxygen atoms in total. The molecule has 19 heavy (non-hydrogen) atoms. The maximum atomic E-state index is 11.6. The predicted molar refractivity (Wildman–Crippen MR) is 67.6 cm³/mol. The summed E-state index contributed by atoms with van der Waals surface area (Å²) in [7, 11) is 0. The van der Waals surface area contributed by atoms with Crippen molar-refractivity contribution in [3.05, 3.63) is 33.4 Å². The molecular formula is C10H11N7O2. The second-order valence-corrected chi connectivity index (χ2v) is 4.00. The van der Waals surface area contributed by atoms with Crippen LogP contribution >= 0.6 is 0 Å². The third-order valence-electron chi connectivity index (χ3n) is 2.65. The number of rotatable bonds is 3. The van der Waals surface area contributed by atoms with Gasteiger partial charge in [-0.1, -0.05) is 0 Å². The van der Waals surface area contributed by atoms with E-state index in [0.717, 1.165) is 0 Å². The Morgan fingerprint density at radius 3 is 2.89 bits per heavy atom. The Bertz CT molecular complexity index is 837. The molecule has 3 rings (SSSR count). The fourth-order valence-electron chi connectivity index (χ4n) is 1.81. The lowest BCUT2D eigenvalue weighted by Gasteiger charge is -1.94. The second-order valence-electron chi connectivity index (χ2n) is 4.00. The summed E-state index contributed by atoms with van der Waals surface area (Å²) in [6.07, 6.45) is 3.39. The summed E-state index contributed by atoms with van der Waals surface area (Å²) in [5.41, 5.74) is 5.33. The van der Waals surface area contributed by atoms with Gasteiger partial charge in [0.25, 0.3) is 5.56 Å². The number of nitrogens with one attached hydrogen (secondary N) is 3. The molecule has 0 aromatic carbocycles. The fraction of sp³-hybridized carbons (Fsp3) is 0.200. The van der Waals surface area contributed by atoms with Crippen molar-refractivity contribution in [2.24, 2.45) is 5.73 Å². The summed E-state index contributed by atoms with van der Waals surface area (Å²) in [5, 5.41) is 0.